The Kier molecular flexibility index (Phi) is 4.87. The number of nitrogens with one attached hydrogen (secondary N) is 2. The van der Waals surface area contributed by atoms with Crippen LogP contribution in [0, 0.1) is 15.5 Å². The number of Topliss-reactive ketones (excluding diaryl/α,β-unsaturated/α-hetero) is 1. The SMILES string of the molecule is CC1(C)CC(=O)c2c(nc3[nH]c(=O)[nH]c(=O)c3c2-c2ccc([N+](=O)[O-])cc2)C1.Cl. The van der Waals surface area contributed by atoms with Gasteiger partial charge in [-0.2, -0.15) is 0 Å². The summed E-state index contributed by atoms with van der Waals surface area (Å²) in [5.41, 5.74) is -0.0357. The van der Waals surface area contributed by atoms with Gasteiger partial charge in [-0.3, -0.25) is 29.7 Å². The second kappa shape index (κ2) is 6.93. The number of non-ortho nitro benzene ring substituents is 1. The van der Waals surface area contributed by atoms with Gasteiger partial charge in [-0.25, -0.2) is 9.78 Å². The number of nitro groups is 1. The lowest BCUT2D eigenvalue weighted by molar-refractivity contribution is -0.384. The summed E-state index contributed by atoms with van der Waals surface area (Å²) in [5.74, 6) is -0.153. The molecule has 0 unspecified atom stereocenters. The molecule has 1 aliphatic rings. The van der Waals surface area contributed by atoms with E-state index in [0.29, 0.717) is 28.8 Å². The van der Waals surface area contributed by atoms with Crippen LogP contribution < -0.4 is 11.2 Å². The number of rotatable bonds is 2. The molecule has 0 saturated carbocycles. The normalized spacial score (nSPS) is 14.9. The van der Waals surface area contributed by atoms with Gasteiger partial charge in [-0.05, 0) is 29.5 Å². The monoisotopic (exact) mass is 416 g/mol. The first kappa shape index (κ1) is 20.4. The Morgan fingerprint density at radius 3 is 2.31 bits per heavy atom. The maximum Gasteiger partial charge on any atom is 0.327 e. The van der Waals surface area contributed by atoms with E-state index in [0.717, 1.165) is 0 Å². The molecule has 3 aromatic rings. The molecule has 2 heterocycles. The van der Waals surface area contributed by atoms with Crippen LogP contribution in [-0.2, 0) is 6.42 Å². The first-order chi connectivity index (χ1) is 13.2. The first-order valence-corrected chi connectivity index (χ1v) is 8.63. The first-order valence-electron chi connectivity index (χ1n) is 8.63. The van der Waals surface area contributed by atoms with Crippen LogP contribution in [0.5, 0.6) is 0 Å². The van der Waals surface area contributed by atoms with Gasteiger partial charge in [0.2, 0.25) is 0 Å². The Balaban J connectivity index is 0.00000240. The zero-order valence-electron chi connectivity index (χ0n) is 15.6. The summed E-state index contributed by atoms with van der Waals surface area (Å²) in [6.45, 7) is 3.90. The standard InChI is InChI=1S/C19H16N4O5.ClH/c1-19(2)7-11-14(12(24)8-19)13(9-3-5-10(6-4-9)23(27)28)15-16(20-11)21-18(26)22-17(15)25;/h3-6H,7-8H2,1-2H3,(H2,20,21,22,25,26);1H. The molecule has 1 aliphatic carbocycles. The van der Waals surface area contributed by atoms with E-state index in [-0.39, 0.29) is 46.7 Å². The number of carbonyl (C=O) groups excluding carboxylic acids is 1. The highest BCUT2D eigenvalue weighted by atomic mass is 35.5. The van der Waals surface area contributed by atoms with Crippen molar-refractivity contribution in [1.82, 2.24) is 15.0 Å². The number of hydrogen-bond acceptors (Lipinski definition) is 6. The van der Waals surface area contributed by atoms with Crippen LogP contribution in [0.25, 0.3) is 22.2 Å². The van der Waals surface area contributed by atoms with E-state index in [1.165, 1.54) is 24.3 Å². The number of hydrogen-bond donors (Lipinski definition) is 2. The minimum Gasteiger partial charge on any atom is -0.294 e. The van der Waals surface area contributed by atoms with E-state index < -0.39 is 16.2 Å². The largest absolute Gasteiger partial charge is 0.327 e. The summed E-state index contributed by atoms with van der Waals surface area (Å²) >= 11 is 0. The molecule has 0 saturated heterocycles. The van der Waals surface area contributed by atoms with Crippen molar-refractivity contribution in [2.75, 3.05) is 0 Å². The van der Waals surface area contributed by atoms with Crippen molar-refractivity contribution in [3.8, 4) is 11.1 Å². The molecule has 0 aliphatic heterocycles. The number of halogens is 1. The van der Waals surface area contributed by atoms with Gasteiger partial charge in [0.15, 0.2) is 5.78 Å². The zero-order valence-corrected chi connectivity index (χ0v) is 16.4. The lowest BCUT2D eigenvalue weighted by Gasteiger charge is -2.30. The van der Waals surface area contributed by atoms with Crippen molar-refractivity contribution in [2.45, 2.75) is 26.7 Å². The predicted octanol–water partition coefficient (Wildman–Crippen LogP) is 2.76. The molecule has 0 amide bonds. The lowest BCUT2D eigenvalue weighted by atomic mass is 9.73. The Morgan fingerprint density at radius 1 is 1.03 bits per heavy atom. The number of benzene rings is 1. The summed E-state index contributed by atoms with van der Waals surface area (Å²) in [6.07, 6.45) is 0.785. The molecule has 9 nitrogen and oxygen atoms in total. The van der Waals surface area contributed by atoms with E-state index in [2.05, 4.69) is 15.0 Å². The van der Waals surface area contributed by atoms with Crippen LogP contribution >= 0.6 is 12.4 Å². The smallest absolute Gasteiger partial charge is 0.294 e. The molecule has 0 bridgehead atoms. The lowest BCUT2D eigenvalue weighted by Crippen LogP contribution is -2.30. The molecule has 0 radical (unpaired) electrons. The van der Waals surface area contributed by atoms with Crippen molar-refractivity contribution in [3.05, 3.63) is 66.5 Å². The Labute approximate surface area is 169 Å². The summed E-state index contributed by atoms with van der Waals surface area (Å²) < 4.78 is 0. The molecule has 10 heteroatoms. The fourth-order valence-corrected chi connectivity index (χ4v) is 3.76. The van der Waals surface area contributed by atoms with Gasteiger partial charge < -0.3 is 0 Å². The zero-order chi connectivity index (χ0) is 20.2. The number of carbonyl (C=O) groups is 1. The molecule has 2 aromatic heterocycles. The van der Waals surface area contributed by atoms with E-state index in [1.54, 1.807) is 0 Å². The summed E-state index contributed by atoms with van der Waals surface area (Å²) in [5, 5.41) is 11.0. The van der Waals surface area contributed by atoms with Crippen molar-refractivity contribution in [3.63, 3.8) is 0 Å². The molecule has 4 rings (SSSR count). The molecule has 0 fully saturated rings. The van der Waals surface area contributed by atoms with Gasteiger partial charge in [-0.15, -0.1) is 12.4 Å². The van der Waals surface area contributed by atoms with Gasteiger partial charge in [0.05, 0.1) is 16.0 Å². The van der Waals surface area contributed by atoms with Gasteiger partial charge in [0.25, 0.3) is 11.2 Å². The van der Waals surface area contributed by atoms with Crippen LogP contribution in [0.1, 0.15) is 36.3 Å². The summed E-state index contributed by atoms with van der Waals surface area (Å²) in [6, 6.07) is 5.60. The number of aromatic nitrogens is 3. The van der Waals surface area contributed by atoms with Crippen molar-refractivity contribution < 1.29 is 9.72 Å². The van der Waals surface area contributed by atoms with Crippen molar-refractivity contribution in [2.24, 2.45) is 5.41 Å². The van der Waals surface area contributed by atoms with E-state index in [1.807, 2.05) is 13.8 Å². The molecule has 0 atom stereocenters. The maximum atomic E-state index is 13.0. The fraction of sp³-hybridized carbons (Fsp3) is 0.263. The number of pyridine rings is 1. The number of ketones is 1. The van der Waals surface area contributed by atoms with Crippen LogP contribution in [0.2, 0.25) is 0 Å². The third-order valence-corrected chi connectivity index (χ3v) is 4.89. The highest BCUT2D eigenvalue weighted by molar-refractivity contribution is 6.10. The van der Waals surface area contributed by atoms with Crippen LogP contribution in [0.3, 0.4) is 0 Å². The minimum absolute atomic E-state index is 0. The average molecular weight is 417 g/mol. The molecule has 2 N–H and O–H groups in total. The Morgan fingerprint density at radius 2 is 1.69 bits per heavy atom. The fourth-order valence-electron chi connectivity index (χ4n) is 3.76. The molecular formula is C19H17ClN4O5. The second-order valence-electron chi connectivity index (χ2n) is 7.69. The molecule has 1 aromatic carbocycles. The highest BCUT2D eigenvalue weighted by Crippen LogP contribution is 2.40. The summed E-state index contributed by atoms with van der Waals surface area (Å²) in [7, 11) is 0. The quantitative estimate of drug-likeness (QED) is 0.486. The summed E-state index contributed by atoms with van der Waals surface area (Å²) in [4.78, 5) is 56.8. The van der Waals surface area contributed by atoms with Crippen LogP contribution in [0.4, 0.5) is 5.69 Å². The van der Waals surface area contributed by atoms with Crippen LogP contribution in [0.15, 0.2) is 33.9 Å². The number of nitro benzene ring substituents is 1. The van der Waals surface area contributed by atoms with E-state index >= 15 is 0 Å². The van der Waals surface area contributed by atoms with Crippen molar-refractivity contribution in [1.29, 1.82) is 0 Å². The van der Waals surface area contributed by atoms with E-state index in [4.69, 9.17) is 0 Å². The number of H-pyrrole nitrogens is 2. The Hall–Kier alpha value is -3.33. The van der Waals surface area contributed by atoms with Crippen LogP contribution in [-0.4, -0.2) is 25.7 Å². The third kappa shape index (κ3) is 3.44. The van der Waals surface area contributed by atoms with Crippen molar-refractivity contribution >= 4 is 34.9 Å². The van der Waals surface area contributed by atoms with E-state index in [9.17, 15) is 24.5 Å². The number of nitrogens with zero attached hydrogens (tertiary/aromatic N) is 2. The highest BCUT2D eigenvalue weighted by Gasteiger charge is 2.35. The van der Waals surface area contributed by atoms with Gasteiger partial charge in [-0.1, -0.05) is 13.8 Å². The number of aromatic amines is 2. The number of fused-ring (bicyclic) bond motifs is 2. The second-order valence-corrected chi connectivity index (χ2v) is 7.69. The molecule has 0 spiro atoms. The Bertz CT molecular complexity index is 1270. The average Bonchev–Trinajstić information content (AvgIpc) is 2.58. The topological polar surface area (TPSA) is 139 Å². The minimum atomic E-state index is -0.694. The molecule has 29 heavy (non-hydrogen) atoms. The van der Waals surface area contributed by atoms with Gasteiger partial charge >= 0.3 is 5.69 Å². The molecule has 150 valence electrons. The van der Waals surface area contributed by atoms with Gasteiger partial charge in [0.1, 0.15) is 5.65 Å². The molecular weight excluding hydrogens is 400 g/mol. The maximum absolute atomic E-state index is 13.0. The van der Waals surface area contributed by atoms with Gasteiger partial charge in [0, 0.05) is 29.7 Å². The third-order valence-electron chi connectivity index (χ3n) is 4.89. The predicted molar refractivity (Wildman–Crippen MR) is 109 cm³/mol.